The molecule has 1 spiro atoms. The Morgan fingerprint density at radius 2 is 0.913 bits per heavy atom. The average molecular weight is 583 g/mol. The van der Waals surface area contributed by atoms with E-state index in [0.29, 0.717) is 0 Å². The van der Waals surface area contributed by atoms with E-state index < -0.39 is 5.41 Å². The molecule has 0 atom stereocenters. The number of furan rings is 1. The molecule has 11 rings (SSSR count). The zero-order valence-electron chi connectivity index (χ0n) is 24.9. The zero-order valence-corrected chi connectivity index (χ0v) is 24.9. The van der Waals surface area contributed by atoms with Gasteiger partial charge in [-0.3, -0.25) is 0 Å². The van der Waals surface area contributed by atoms with Crippen molar-refractivity contribution in [1.29, 1.82) is 0 Å². The van der Waals surface area contributed by atoms with Crippen molar-refractivity contribution < 1.29 is 4.42 Å². The molecule has 2 aliphatic carbocycles. The number of fused-ring (bicyclic) bond motifs is 13. The highest BCUT2D eigenvalue weighted by Crippen LogP contribution is 2.62. The summed E-state index contributed by atoms with van der Waals surface area (Å²) in [7, 11) is 0. The van der Waals surface area contributed by atoms with Crippen molar-refractivity contribution in [3.05, 3.63) is 180 Å². The van der Waals surface area contributed by atoms with E-state index in [0.717, 1.165) is 27.5 Å². The van der Waals surface area contributed by atoms with Crippen LogP contribution in [0.25, 0.3) is 76.9 Å². The van der Waals surface area contributed by atoms with Gasteiger partial charge in [-0.1, -0.05) is 146 Å². The monoisotopic (exact) mass is 582 g/mol. The van der Waals surface area contributed by atoms with Gasteiger partial charge in [-0.05, 0) is 83.7 Å². The van der Waals surface area contributed by atoms with Gasteiger partial charge in [-0.15, -0.1) is 0 Å². The molecule has 0 unspecified atom stereocenters. The van der Waals surface area contributed by atoms with Gasteiger partial charge in [0.1, 0.15) is 11.2 Å². The maximum absolute atomic E-state index is 6.74. The van der Waals surface area contributed by atoms with Crippen LogP contribution in [-0.4, -0.2) is 0 Å². The summed E-state index contributed by atoms with van der Waals surface area (Å²) >= 11 is 0. The first-order chi connectivity index (χ1) is 22.8. The molecule has 0 saturated heterocycles. The van der Waals surface area contributed by atoms with Gasteiger partial charge >= 0.3 is 0 Å². The largest absolute Gasteiger partial charge is 0.455 e. The molecular formula is C45H26O. The van der Waals surface area contributed by atoms with Crippen LogP contribution in [0.1, 0.15) is 22.3 Å². The summed E-state index contributed by atoms with van der Waals surface area (Å²) in [6, 6.07) is 58.2. The molecule has 0 amide bonds. The van der Waals surface area contributed by atoms with Crippen LogP contribution >= 0.6 is 0 Å². The lowest BCUT2D eigenvalue weighted by Gasteiger charge is -2.40. The van der Waals surface area contributed by atoms with Gasteiger partial charge in [0, 0.05) is 16.3 Å². The lowest BCUT2D eigenvalue weighted by molar-refractivity contribution is 0.670. The fourth-order valence-electron chi connectivity index (χ4n) is 8.96. The van der Waals surface area contributed by atoms with Crippen LogP contribution in [-0.2, 0) is 5.41 Å². The van der Waals surface area contributed by atoms with E-state index in [2.05, 4.69) is 158 Å². The third kappa shape index (κ3) is 2.83. The second kappa shape index (κ2) is 8.62. The predicted molar refractivity (Wildman–Crippen MR) is 190 cm³/mol. The third-order valence-corrected chi connectivity index (χ3v) is 10.7. The maximum Gasteiger partial charge on any atom is 0.143 e. The van der Waals surface area contributed by atoms with Gasteiger partial charge < -0.3 is 4.42 Å². The molecule has 2 aliphatic rings. The van der Waals surface area contributed by atoms with Crippen molar-refractivity contribution in [2.75, 3.05) is 0 Å². The molecule has 46 heavy (non-hydrogen) atoms. The van der Waals surface area contributed by atoms with E-state index in [1.807, 2.05) is 0 Å². The van der Waals surface area contributed by atoms with Crippen molar-refractivity contribution >= 4 is 43.5 Å². The van der Waals surface area contributed by atoms with Crippen molar-refractivity contribution in [2.45, 2.75) is 5.41 Å². The summed E-state index contributed by atoms with van der Waals surface area (Å²) in [6.45, 7) is 0. The Morgan fingerprint density at radius 1 is 0.370 bits per heavy atom. The molecule has 8 aromatic carbocycles. The van der Waals surface area contributed by atoms with Crippen LogP contribution in [0.15, 0.2) is 162 Å². The molecule has 0 radical (unpaired) electrons. The number of hydrogen-bond donors (Lipinski definition) is 0. The van der Waals surface area contributed by atoms with E-state index in [4.69, 9.17) is 4.42 Å². The second-order valence-corrected chi connectivity index (χ2v) is 12.7. The minimum absolute atomic E-state index is 0.414. The Morgan fingerprint density at radius 3 is 1.65 bits per heavy atom. The molecule has 0 bridgehead atoms. The smallest absolute Gasteiger partial charge is 0.143 e. The van der Waals surface area contributed by atoms with Crippen molar-refractivity contribution in [3.63, 3.8) is 0 Å². The molecule has 9 aromatic rings. The molecule has 1 nitrogen and oxygen atoms in total. The van der Waals surface area contributed by atoms with E-state index in [9.17, 15) is 0 Å². The Bertz CT molecular complexity index is 2710. The SMILES string of the molecule is c1ccc2c(c1)-c1ccccc1C21c2ccccc2-c2ccc(-c3c4ccccc4cc4c3oc3ccccc34)c3cccc1c23. The number of rotatable bonds is 1. The van der Waals surface area contributed by atoms with Crippen LogP contribution < -0.4 is 0 Å². The lowest BCUT2D eigenvalue weighted by Crippen LogP contribution is -2.31. The van der Waals surface area contributed by atoms with Gasteiger partial charge in [-0.2, -0.15) is 0 Å². The van der Waals surface area contributed by atoms with Gasteiger partial charge in [0.2, 0.25) is 0 Å². The fraction of sp³-hybridized carbons (Fsp3) is 0.0222. The molecule has 212 valence electrons. The molecule has 0 N–H and O–H groups in total. The average Bonchev–Trinajstić information content (AvgIpc) is 3.63. The summed E-state index contributed by atoms with van der Waals surface area (Å²) in [5.74, 6) is 0. The van der Waals surface area contributed by atoms with Crippen LogP contribution in [0.5, 0.6) is 0 Å². The summed E-state index contributed by atoms with van der Waals surface area (Å²) in [5, 5.41) is 7.31. The Kier molecular flexibility index (Phi) is 4.57. The molecule has 1 heterocycles. The summed E-state index contributed by atoms with van der Waals surface area (Å²) in [6.07, 6.45) is 0. The van der Waals surface area contributed by atoms with E-state index in [1.54, 1.807) is 0 Å². The molecule has 1 heteroatoms. The van der Waals surface area contributed by atoms with E-state index in [-0.39, 0.29) is 0 Å². The third-order valence-electron chi connectivity index (χ3n) is 10.7. The van der Waals surface area contributed by atoms with Crippen LogP contribution in [0.4, 0.5) is 0 Å². The van der Waals surface area contributed by atoms with Crippen LogP contribution in [0.2, 0.25) is 0 Å². The first-order valence-corrected chi connectivity index (χ1v) is 16.0. The Hall–Kier alpha value is -5.92. The highest BCUT2D eigenvalue weighted by Gasteiger charge is 2.49. The topological polar surface area (TPSA) is 13.1 Å². The molecule has 1 aromatic heterocycles. The molecular weight excluding hydrogens is 556 g/mol. The minimum atomic E-state index is -0.414. The highest BCUT2D eigenvalue weighted by molar-refractivity contribution is 6.22. The first kappa shape index (κ1) is 24.4. The van der Waals surface area contributed by atoms with Gasteiger partial charge in [0.05, 0.1) is 5.41 Å². The van der Waals surface area contributed by atoms with Crippen LogP contribution in [0.3, 0.4) is 0 Å². The maximum atomic E-state index is 6.74. The molecule has 0 aliphatic heterocycles. The summed E-state index contributed by atoms with van der Waals surface area (Å²) in [4.78, 5) is 0. The number of hydrogen-bond acceptors (Lipinski definition) is 1. The highest BCUT2D eigenvalue weighted by atomic mass is 16.3. The fourth-order valence-corrected chi connectivity index (χ4v) is 8.96. The number of benzene rings is 8. The standard InChI is InChI=1S/C45H26O/c1-2-13-28-27(12-1)26-36-32-17-6-10-23-41(32)46-44(36)43(28)35-25-24-34-31-16-5-9-21-39(31)45(40-22-11-18-33(35)42(34)40)37-19-7-3-14-29(37)30-15-4-8-20-38(30)45/h1-26H. The van der Waals surface area contributed by atoms with E-state index >= 15 is 0 Å². The van der Waals surface area contributed by atoms with Crippen LogP contribution in [0, 0.1) is 0 Å². The van der Waals surface area contributed by atoms with Gasteiger partial charge in [0.15, 0.2) is 0 Å². The lowest BCUT2D eigenvalue weighted by atomic mass is 9.61. The Labute approximate surface area is 266 Å². The second-order valence-electron chi connectivity index (χ2n) is 12.7. The normalized spacial score (nSPS) is 13.8. The van der Waals surface area contributed by atoms with Crippen molar-refractivity contribution in [3.8, 4) is 33.4 Å². The summed E-state index contributed by atoms with van der Waals surface area (Å²) < 4.78 is 6.74. The van der Waals surface area contributed by atoms with Crippen molar-refractivity contribution in [2.24, 2.45) is 0 Å². The predicted octanol–water partition coefficient (Wildman–Crippen LogP) is 11.9. The van der Waals surface area contributed by atoms with Gasteiger partial charge in [0.25, 0.3) is 0 Å². The Balaban J connectivity index is 1.34. The quantitative estimate of drug-likeness (QED) is 0.188. The minimum Gasteiger partial charge on any atom is -0.455 e. The van der Waals surface area contributed by atoms with Gasteiger partial charge in [-0.25, -0.2) is 0 Å². The van der Waals surface area contributed by atoms with Crippen molar-refractivity contribution in [1.82, 2.24) is 0 Å². The molecule has 0 saturated carbocycles. The molecule has 0 fully saturated rings. The summed E-state index contributed by atoms with van der Waals surface area (Å²) in [5.41, 5.74) is 14.5. The number of para-hydroxylation sites is 1. The first-order valence-electron chi connectivity index (χ1n) is 16.0. The van der Waals surface area contributed by atoms with E-state index in [1.165, 1.54) is 71.6 Å². The zero-order chi connectivity index (χ0) is 30.0.